The summed E-state index contributed by atoms with van der Waals surface area (Å²) in [4.78, 5) is 3.19. The van der Waals surface area contributed by atoms with Gasteiger partial charge in [-0.05, 0) is 30.3 Å². The Morgan fingerprint density at radius 2 is 1.59 bits per heavy atom. The van der Waals surface area contributed by atoms with Gasteiger partial charge in [-0.1, -0.05) is 48.7 Å². The molecule has 148 valence electrons. The van der Waals surface area contributed by atoms with E-state index in [2.05, 4.69) is 9.71 Å². The molecule has 7 nitrogen and oxygen atoms in total. The van der Waals surface area contributed by atoms with Crippen LogP contribution in [-0.4, -0.2) is 39.2 Å². The van der Waals surface area contributed by atoms with Crippen LogP contribution >= 0.6 is 34.8 Å². The molecule has 27 heavy (non-hydrogen) atoms. The van der Waals surface area contributed by atoms with E-state index in [0.717, 1.165) is 6.07 Å². The first kappa shape index (κ1) is 22.2. The summed E-state index contributed by atoms with van der Waals surface area (Å²) in [5.74, 6) is 0. The summed E-state index contributed by atoms with van der Waals surface area (Å²) in [7, 11) is -8.00. The van der Waals surface area contributed by atoms with E-state index < -0.39 is 20.0 Å². The van der Waals surface area contributed by atoms with Gasteiger partial charge in [-0.25, -0.2) is 21.8 Å². The van der Waals surface area contributed by atoms with Crippen LogP contribution in [0.25, 0.3) is 0 Å². The van der Waals surface area contributed by atoms with Crippen molar-refractivity contribution in [2.24, 2.45) is 0 Å². The van der Waals surface area contributed by atoms with Gasteiger partial charge < -0.3 is 0 Å². The largest absolute Gasteiger partial charge is 0.279 e. The van der Waals surface area contributed by atoms with Gasteiger partial charge in [0.05, 0.1) is 10.7 Å². The maximum Gasteiger partial charge on any atom is 0.264 e. The molecule has 1 N–H and O–H groups in total. The quantitative estimate of drug-likeness (QED) is 0.617. The molecule has 0 spiro atoms. The third kappa shape index (κ3) is 4.85. The Bertz CT molecular complexity index is 1060. The summed E-state index contributed by atoms with van der Waals surface area (Å²) >= 11 is 17.6. The summed E-state index contributed by atoms with van der Waals surface area (Å²) in [6.45, 7) is 3.88. The molecule has 0 aliphatic carbocycles. The zero-order chi connectivity index (χ0) is 20.4. The molecule has 0 saturated heterocycles. The first-order valence-electron chi connectivity index (χ1n) is 7.67. The Morgan fingerprint density at radius 1 is 0.963 bits per heavy atom. The molecule has 1 aromatic carbocycles. The Balaban J connectivity index is 2.47. The monoisotopic (exact) mass is 471 g/mol. The average Bonchev–Trinajstić information content (AvgIpc) is 2.56. The second kappa shape index (κ2) is 8.50. The van der Waals surface area contributed by atoms with Crippen molar-refractivity contribution in [1.29, 1.82) is 0 Å². The van der Waals surface area contributed by atoms with Crippen LogP contribution in [0.1, 0.15) is 13.8 Å². The first-order chi connectivity index (χ1) is 12.5. The minimum atomic E-state index is -4.12. The van der Waals surface area contributed by atoms with Gasteiger partial charge >= 0.3 is 0 Å². The fraction of sp³-hybridized carbons (Fsp3) is 0.267. The fourth-order valence-corrected chi connectivity index (χ4v) is 5.95. The van der Waals surface area contributed by atoms with Gasteiger partial charge in [-0.2, -0.15) is 4.31 Å². The minimum Gasteiger partial charge on any atom is -0.279 e. The average molecular weight is 473 g/mol. The molecule has 0 aliphatic rings. The number of nitrogens with zero attached hydrogens (tertiary/aromatic N) is 2. The molecule has 12 heteroatoms. The van der Waals surface area contributed by atoms with Crippen LogP contribution in [0.15, 0.2) is 40.1 Å². The minimum absolute atomic E-state index is 0.0103. The molecule has 2 aromatic rings. The van der Waals surface area contributed by atoms with E-state index in [1.807, 2.05) is 0 Å². The summed E-state index contributed by atoms with van der Waals surface area (Å²) in [5.41, 5.74) is 0.0103. The SMILES string of the molecule is CCN(CC)S(=O)(=O)c1cc(NS(=O)(=O)c2ccc(Cl)nc2Cl)ccc1Cl. The number of nitrogens with one attached hydrogen (secondary N) is 1. The van der Waals surface area contributed by atoms with Crippen LogP contribution in [-0.2, 0) is 20.0 Å². The van der Waals surface area contributed by atoms with Crippen molar-refractivity contribution in [3.8, 4) is 0 Å². The molecule has 0 fully saturated rings. The highest BCUT2D eigenvalue weighted by Crippen LogP contribution is 2.30. The van der Waals surface area contributed by atoms with E-state index in [-0.39, 0.29) is 43.9 Å². The van der Waals surface area contributed by atoms with Gasteiger partial charge in [0.1, 0.15) is 14.9 Å². The maximum atomic E-state index is 12.7. The van der Waals surface area contributed by atoms with Gasteiger partial charge in [-0.3, -0.25) is 4.72 Å². The lowest BCUT2D eigenvalue weighted by Crippen LogP contribution is -2.30. The molecule has 0 atom stereocenters. The van der Waals surface area contributed by atoms with Gasteiger partial charge in [-0.15, -0.1) is 0 Å². The van der Waals surface area contributed by atoms with E-state index in [1.54, 1.807) is 13.8 Å². The Morgan fingerprint density at radius 3 is 2.15 bits per heavy atom. The Kier molecular flexibility index (Phi) is 6.99. The number of pyridine rings is 1. The number of hydrogen-bond donors (Lipinski definition) is 1. The number of anilines is 1. The van der Waals surface area contributed by atoms with Crippen molar-refractivity contribution in [1.82, 2.24) is 9.29 Å². The zero-order valence-electron chi connectivity index (χ0n) is 14.3. The third-order valence-electron chi connectivity index (χ3n) is 3.58. The van der Waals surface area contributed by atoms with E-state index in [9.17, 15) is 16.8 Å². The summed E-state index contributed by atoms with van der Waals surface area (Å²) in [5, 5.41) is -0.283. The smallest absolute Gasteiger partial charge is 0.264 e. The van der Waals surface area contributed by atoms with Crippen molar-refractivity contribution >= 4 is 60.5 Å². The molecule has 2 rings (SSSR count). The molecular weight excluding hydrogens is 457 g/mol. The van der Waals surface area contributed by atoms with Crippen molar-refractivity contribution in [3.63, 3.8) is 0 Å². The second-order valence-corrected chi connectivity index (χ2v) is 9.97. The highest BCUT2D eigenvalue weighted by molar-refractivity contribution is 7.92. The van der Waals surface area contributed by atoms with Crippen LogP contribution in [0.3, 0.4) is 0 Å². The molecule has 0 unspecified atom stereocenters. The molecule has 1 heterocycles. The standard InChI is InChI=1S/C15H16Cl3N3O4S2/c1-3-21(4-2)27(24,25)13-9-10(5-6-11(13)16)20-26(22,23)12-7-8-14(17)19-15(12)18/h5-9,20H,3-4H2,1-2H3. The normalized spacial score (nSPS) is 12.4. The number of halogens is 3. The van der Waals surface area contributed by atoms with Gasteiger partial charge in [0.25, 0.3) is 10.0 Å². The molecule has 0 aliphatic heterocycles. The van der Waals surface area contributed by atoms with E-state index in [4.69, 9.17) is 34.8 Å². The molecule has 0 bridgehead atoms. The van der Waals surface area contributed by atoms with Gasteiger partial charge in [0.2, 0.25) is 10.0 Å². The maximum absolute atomic E-state index is 12.7. The zero-order valence-corrected chi connectivity index (χ0v) is 18.2. The topological polar surface area (TPSA) is 96.4 Å². The highest BCUT2D eigenvalue weighted by Gasteiger charge is 2.26. The van der Waals surface area contributed by atoms with Crippen LogP contribution in [0.4, 0.5) is 5.69 Å². The highest BCUT2D eigenvalue weighted by atomic mass is 35.5. The molecular formula is C15H16Cl3N3O4S2. The lowest BCUT2D eigenvalue weighted by Gasteiger charge is -2.20. The Labute approximate surface area is 173 Å². The number of hydrogen-bond acceptors (Lipinski definition) is 5. The van der Waals surface area contributed by atoms with E-state index in [0.29, 0.717) is 0 Å². The number of benzene rings is 1. The van der Waals surface area contributed by atoms with Crippen molar-refractivity contribution < 1.29 is 16.8 Å². The predicted octanol–water partition coefficient (Wildman–Crippen LogP) is 3.87. The summed E-state index contributed by atoms with van der Waals surface area (Å²) < 4.78 is 54.0. The summed E-state index contributed by atoms with van der Waals surface area (Å²) in [6, 6.07) is 6.28. The van der Waals surface area contributed by atoms with Crippen LogP contribution < -0.4 is 4.72 Å². The molecule has 0 saturated carbocycles. The molecule has 0 radical (unpaired) electrons. The van der Waals surface area contributed by atoms with Crippen LogP contribution in [0.5, 0.6) is 0 Å². The second-order valence-electron chi connectivity index (χ2n) is 5.26. The van der Waals surface area contributed by atoms with E-state index in [1.165, 1.54) is 28.6 Å². The number of aromatic nitrogens is 1. The van der Waals surface area contributed by atoms with Crippen LogP contribution in [0.2, 0.25) is 15.3 Å². The number of rotatable bonds is 7. The van der Waals surface area contributed by atoms with Crippen molar-refractivity contribution in [3.05, 3.63) is 45.7 Å². The van der Waals surface area contributed by atoms with Crippen molar-refractivity contribution in [2.75, 3.05) is 17.8 Å². The lowest BCUT2D eigenvalue weighted by atomic mass is 10.3. The van der Waals surface area contributed by atoms with Crippen LogP contribution in [0, 0.1) is 0 Å². The van der Waals surface area contributed by atoms with E-state index >= 15 is 0 Å². The summed E-state index contributed by atoms with van der Waals surface area (Å²) in [6.07, 6.45) is 0. The fourth-order valence-electron chi connectivity index (χ4n) is 2.28. The lowest BCUT2D eigenvalue weighted by molar-refractivity contribution is 0.445. The molecule has 1 aromatic heterocycles. The number of sulfonamides is 2. The molecule has 0 amide bonds. The third-order valence-corrected chi connectivity index (χ3v) is 8.13. The predicted molar refractivity (Wildman–Crippen MR) is 107 cm³/mol. The Hall–Kier alpha value is -1.10. The first-order valence-corrected chi connectivity index (χ1v) is 11.7. The van der Waals surface area contributed by atoms with Gasteiger partial charge in [0, 0.05) is 13.1 Å². The van der Waals surface area contributed by atoms with Crippen molar-refractivity contribution in [2.45, 2.75) is 23.6 Å². The van der Waals surface area contributed by atoms with Gasteiger partial charge in [0.15, 0.2) is 5.15 Å².